The molecule has 0 aromatic heterocycles. The fourth-order valence-corrected chi connectivity index (χ4v) is 3.28. The van der Waals surface area contributed by atoms with E-state index in [2.05, 4.69) is 11.4 Å². The number of anilines is 1. The molecule has 2 N–H and O–H groups in total. The summed E-state index contributed by atoms with van der Waals surface area (Å²) in [5.41, 5.74) is 2.21. The first-order valence-electron chi connectivity index (χ1n) is 7.01. The van der Waals surface area contributed by atoms with E-state index in [9.17, 15) is 14.7 Å². The van der Waals surface area contributed by atoms with E-state index < -0.39 is 12.0 Å². The van der Waals surface area contributed by atoms with Crippen LogP contribution in [-0.4, -0.2) is 42.0 Å². The summed E-state index contributed by atoms with van der Waals surface area (Å²) < 4.78 is 0. The topological polar surface area (TPSA) is 69.6 Å². The van der Waals surface area contributed by atoms with Crippen LogP contribution in [0.3, 0.4) is 0 Å². The highest BCUT2D eigenvalue weighted by molar-refractivity contribution is 6.01. The Bertz CT molecular complexity index is 636. The number of hydrogen-bond donors (Lipinski definition) is 2. The lowest BCUT2D eigenvalue weighted by Crippen LogP contribution is -2.42. The quantitative estimate of drug-likeness (QED) is 0.815. The number of carboxylic acid groups (broad SMARTS) is 1. The molecule has 1 aromatic carbocycles. The zero-order valence-corrected chi connectivity index (χ0v) is 12.0. The van der Waals surface area contributed by atoms with Crippen molar-refractivity contribution in [2.75, 3.05) is 19.4 Å². The molecule has 0 saturated heterocycles. The molecule has 5 heteroatoms. The Morgan fingerprint density at radius 1 is 1.33 bits per heavy atom. The molecule has 110 valence electrons. The number of rotatable bonds is 2. The molecule has 1 aliphatic heterocycles. The minimum absolute atomic E-state index is 0.0136. The van der Waals surface area contributed by atoms with Gasteiger partial charge in [0.15, 0.2) is 0 Å². The number of hydrogen-bond acceptors (Lipinski definition) is 3. The second kappa shape index (κ2) is 4.91. The Morgan fingerprint density at radius 3 is 2.76 bits per heavy atom. The molecular weight excluding hydrogens is 268 g/mol. The maximum atomic E-state index is 12.3. The van der Waals surface area contributed by atoms with Crippen LogP contribution in [0.2, 0.25) is 0 Å². The Kier molecular flexibility index (Phi) is 3.20. The van der Waals surface area contributed by atoms with E-state index in [-0.39, 0.29) is 17.7 Å². The van der Waals surface area contributed by atoms with Crippen molar-refractivity contribution in [1.82, 2.24) is 4.90 Å². The van der Waals surface area contributed by atoms with Crippen molar-refractivity contribution < 1.29 is 14.7 Å². The SMILES string of the molecule is CN(C)C(=O)c1cccc2c1N[C@@H](C(=O)O)[C@H]1CC=C[C@H]21. The number of carbonyl (C=O) groups is 2. The van der Waals surface area contributed by atoms with Crippen LogP contribution in [-0.2, 0) is 4.79 Å². The molecule has 0 unspecified atom stereocenters. The minimum atomic E-state index is -0.869. The van der Waals surface area contributed by atoms with Crippen molar-refractivity contribution in [2.45, 2.75) is 18.4 Å². The predicted molar refractivity (Wildman–Crippen MR) is 79.5 cm³/mol. The molecule has 2 aliphatic rings. The predicted octanol–water partition coefficient (Wildman–Crippen LogP) is 1.93. The van der Waals surface area contributed by atoms with Crippen LogP contribution < -0.4 is 5.32 Å². The van der Waals surface area contributed by atoms with Crippen LogP contribution >= 0.6 is 0 Å². The first-order chi connectivity index (χ1) is 10.0. The summed E-state index contributed by atoms with van der Waals surface area (Å²) in [6, 6.07) is 4.92. The smallest absolute Gasteiger partial charge is 0.326 e. The molecule has 5 nitrogen and oxygen atoms in total. The van der Waals surface area contributed by atoms with Crippen LogP contribution in [0.25, 0.3) is 0 Å². The van der Waals surface area contributed by atoms with Gasteiger partial charge in [-0.1, -0.05) is 24.3 Å². The lowest BCUT2D eigenvalue weighted by molar-refractivity contribution is -0.139. The average Bonchev–Trinajstić information content (AvgIpc) is 2.94. The number of fused-ring (bicyclic) bond motifs is 3. The molecule has 3 atom stereocenters. The maximum absolute atomic E-state index is 12.3. The third-order valence-corrected chi connectivity index (χ3v) is 4.30. The second-order valence-electron chi connectivity index (χ2n) is 5.78. The monoisotopic (exact) mass is 286 g/mol. The standard InChI is InChI=1S/C16H18N2O3/c1-18(2)15(19)12-8-4-6-10-9-5-3-7-11(9)14(16(20)21)17-13(10)12/h3-6,8-9,11,14,17H,7H2,1-2H3,(H,20,21)/t9-,11+,14-/m1/s1. The van der Waals surface area contributed by atoms with Crippen molar-refractivity contribution in [3.63, 3.8) is 0 Å². The zero-order valence-electron chi connectivity index (χ0n) is 12.0. The molecule has 0 bridgehead atoms. The van der Waals surface area contributed by atoms with Gasteiger partial charge in [-0.15, -0.1) is 0 Å². The fourth-order valence-electron chi connectivity index (χ4n) is 3.28. The van der Waals surface area contributed by atoms with Crippen LogP contribution in [0.4, 0.5) is 5.69 Å². The summed E-state index contributed by atoms with van der Waals surface area (Å²) in [6.07, 6.45) is 4.84. The number of carbonyl (C=O) groups excluding carboxylic acids is 1. The fraction of sp³-hybridized carbons (Fsp3) is 0.375. The molecule has 1 aromatic rings. The van der Waals surface area contributed by atoms with Gasteiger partial charge in [-0.05, 0) is 18.1 Å². The van der Waals surface area contributed by atoms with E-state index in [0.29, 0.717) is 11.3 Å². The lowest BCUT2D eigenvalue weighted by Gasteiger charge is -2.35. The lowest BCUT2D eigenvalue weighted by atomic mass is 9.78. The highest BCUT2D eigenvalue weighted by Crippen LogP contribution is 2.45. The van der Waals surface area contributed by atoms with Crippen LogP contribution in [0.15, 0.2) is 30.4 Å². The van der Waals surface area contributed by atoms with Gasteiger partial charge in [0.05, 0.1) is 11.3 Å². The number of allylic oxidation sites excluding steroid dienone is 2. The van der Waals surface area contributed by atoms with E-state index in [1.807, 2.05) is 18.2 Å². The second-order valence-corrected chi connectivity index (χ2v) is 5.78. The van der Waals surface area contributed by atoms with E-state index in [0.717, 1.165) is 12.0 Å². The molecular formula is C16H18N2O3. The van der Waals surface area contributed by atoms with Gasteiger partial charge in [-0.3, -0.25) is 4.79 Å². The van der Waals surface area contributed by atoms with Crippen molar-refractivity contribution in [1.29, 1.82) is 0 Å². The number of amides is 1. The highest BCUT2D eigenvalue weighted by Gasteiger charge is 2.41. The molecule has 21 heavy (non-hydrogen) atoms. The number of carboxylic acids is 1. The molecule has 1 aliphatic carbocycles. The molecule has 0 saturated carbocycles. The first kappa shape index (κ1) is 13.7. The minimum Gasteiger partial charge on any atom is -0.480 e. The Labute approximate surface area is 123 Å². The first-order valence-corrected chi connectivity index (χ1v) is 7.01. The van der Waals surface area contributed by atoms with E-state index >= 15 is 0 Å². The number of para-hydroxylation sites is 1. The normalized spacial score (nSPS) is 25.7. The highest BCUT2D eigenvalue weighted by atomic mass is 16.4. The van der Waals surface area contributed by atoms with Crippen molar-refractivity contribution >= 4 is 17.6 Å². The Morgan fingerprint density at radius 2 is 2.10 bits per heavy atom. The van der Waals surface area contributed by atoms with Gasteiger partial charge >= 0.3 is 5.97 Å². The van der Waals surface area contributed by atoms with Gasteiger partial charge in [0, 0.05) is 25.9 Å². The number of benzene rings is 1. The number of aliphatic carboxylic acids is 1. The Hall–Kier alpha value is -2.30. The molecule has 3 rings (SSSR count). The summed E-state index contributed by atoms with van der Waals surface area (Å²) in [6.45, 7) is 0. The van der Waals surface area contributed by atoms with Crippen LogP contribution in [0.1, 0.15) is 28.3 Å². The Balaban J connectivity index is 2.12. The van der Waals surface area contributed by atoms with Gasteiger partial charge < -0.3 is 15.3 Å². The van der Waals surface area contributed by atoms with Crippen molar-refractivity contribution in [3.8, 4) is 0 Å². The third kappa shape index (κ3) is 2.09. The number of nitrogens with zero attached hydrogens (tertiary/aromatic N) is 1. The zero-order chi connectivity index (χ0) is 15.1. The largest absolute Gasteiger partial charge is 0.480 e. The summed E-state index contributed by atoms with van der Waals surface area (Å²) in [7, 11) is 3.38. The molecule has 0 spiro atoms. The average molecular weight is 286 g/mol. The van der Waals surface area contributed by atoms with Gasteiger partial charge in [0.2, 0.25) is 0 Å². The van der Waals surface area contributed by atoms with Gasteiger partial charge in [0.1, 0.15) is 6.04 Å². The van der Waals surface area contributed by atoms with E-state index in [1.54, 1.807) is 20.2 Å². The number of nitrogens with one attached hydrogen (secondary N) is 1. The van der Waals surface area contributed by atoms with Crippen LogP contribution in [0, 0.1) is 5.92 Å². The molecule has 1 amide bonds. The van der Waals surface area contributed by atoms with Crippen LogP contribution in [0.5, 0.6) is 0 Å². The van der Waals surface area contributed by atoms with E-state index in [1.165, 1.54) is 4.90 Å². The summed E-state index contributed by atoms with van der Waals surface area (Å²) in [5.74, 6) is -0.910. The van der Waals surface area contributed by atoms with Crippen molar-refractivity contribution in [2.24, 2.45) is 5.92 Å². The summed E-state index contributed by atoms with van der Waals surface area (Å²) in [4.78, 5) is 25.3. The van der Waals surface area contributed by atoms with E-state index in [4.69, 9.17) is 0 Å². The van der Waals surface area contributed by atoms with Crippen molar-refractivity contribution in [3.05, 3.63) is 41.5 Å². The van der Waals surface area contributed by atoms with Gasteiger partial charge in [0.25, 0.3) is 5.91 Å². The van der Waals surface area contributed by atoms with Gasteiger partial charge in [-0.25, -0.2) is 4.79 Å². The molecule has 1 heterocycles. The summed E-state index contributed by atoms with van der Waals surface area (Å²) >= 11 is 0. The molecule has 0 radical (unpaired) electrons. The molecule has 0 fully saturated rings. The summed E-state index contributed by atoms with van der Waals surface area (Å²) in [5, 5.41) is 12.5. The van der Waals surface area contributed by atoms with Gasteiger partial charge in [-0.2, -0.15) is 0 Å². The maximum Gasteiger partial charge on any atom is 0.326 e. The third-order valence-electron chi connectivity index (χ3n) is 4.30.